The van der Waals surface area contributed by atoms with Gasteiger partial charge in [0.25, 0.3) is 6.43 Å². The molecule has 2 aromatic carbocycles. The van der Waals surface area contributed by atoms with Crippen molar-refractivity contribution in [3.8, 4) is 17.2 Å². The molecular weight excluding hydrogens is 495 g/mol. The van der Waals surface area contributed by atoms with E-state index < -0.39 is 13.0 Å². The lowest BCUT2D eigenvalue weighted by molar-refractivity contribution is 0.0818. The Labute approximate surface area is 186 Å². The van der Waals surface area contributed by atoms with Gasteiger partial charge in [0, 0.05) is 18.3 Å². The van der Waals surface area contributed by atoms with Gasteiger partial charge in [-0.05, 0) is 36.8 Å². The van der Waals surface area contributed by atoms with Crippen LogP contribution in [-0.4, -0.2) is 39.8 Å². The lowest BCUT2D eigenvalue weighted by atomic mass is 10.2. The van der Waals surface area contributed by atoms with Crippen molar-refractivity contribution in [1.82, 2.24) is 5.32 Å². The number of guanidine groups is 1. The van der Waals surface area contributed by atoms with E-state index in [1.54, 1.807) is 38.5 Å². The minimum Gasteiger partial charge on any atom is -0.493 e. The number of benzene rings is 2. The number of halogens is 3. The maximum atomic E-state index is 12.3. The second-order valence-electron chi connectivity index (χ2n) is 5.74. The highest BCUT2D eigenvalue weighted by Gasteiger charge is 2.07. The van der Waals surface area contributed by atoms with E-state index in [9.17, 15) is 8.78 Å². The molecule has 0 heterocycles. The molecule has 0 atom stereocenters. The zero-order valence-corrected chi connectivity index (χ0v) is 18.9. The fourth-order valence-corrected chi connectivity index (χ4v) is 2.42. The zero-order chi connectivity index (χ0) is 20.4. The van der Waals surface area contributed by atoms with Crippen LogP contribution >= 0.6 is 24.0 Å². The first-order valence-corrected chi connectivity index (χ1v) is 8.83. The number of nitrogens with zero attached hydrogens (tertiary/aromatic N) is 1. The van der Waals surface area contributed by atoms with Gasteiger partial charge in [-0.15, -0.1) is 24.0 Å². The van der Waals surface area contributed by atoms with Crippen LogP contribution in [0.3, 0.4) is 0 Å². The van der Waals surface area contributed by atoms with E-state index in [-0.39, 0.29) is 24.0 Å². The van der Waals surface area contributed by atoms with Crippen molar-refractivity contribution in [3.63, 3.8) is 0 Å². The van der Waals surface area contributed by atoms with Crippen LogP contribution in [0.1, 0.15) is 12.5 Å². The average molecular weight is 521 g/mol. The third-order valence-electron chi connectivity index (χ3n) is 3.68. The first-order valence-electron chi connectivity index (χ1n) is 8.83. The van der Waals surface area contributed by atoms with Crippen molar-refractivity contribution in [2.45, 2.75) is 19.9 Å². The van der Waals surface area contributed by atoms with E-state index in [0.717, 1.165) is 11.3 Å². The fraction of sp³-hybridized carbons (Fsp3) is 0.350. The van der Waals surface area contributed by atoms with E-state index in [1.807, 2.05) is 25.1 Å². The highest BCUT2D eigenvalue weighted by molar-refractivity contribution is 14.0. The summed E-state index contributed by atoms with van der Waals surface area (Å²) in [4.78, 5) is 4.53. The van der Waals surface area contributed by atoms with Gasteiger partial charge in [-0.1, -0.05) is 12.1 Å². The SMILES string of the molecule is CCNC(=NCc1cccc(OCC(F)F)c1)Nc1ccc(OC)c(OC)c1.I. The second kappa shape index (κ2) is 13.0. The van der Waals surface area contributed by atoms with Gasteiger partial charge in [-0.25, -0.2) is 13.8 Å². The Hall–Kier alpha value is -2.30. The van der Waals surface area contributed by atoms with Gasteiger partial charge in [-0.3, -0.25) is 0 Å². The molecule has 2 rings (SSSR count). The Morgan fingerprint density at radius 1 is 1.07 bits per heavy atom. The van der Waals surface area contributed by atoms with Gasteiger partial charge < -0.3 is 24.8 Å². The van der Waals surface area contributed by atoms with Crippen molar-refractivity contribution in [2.24, 2.45) is 4.99 Å². The third-order valence-corrected chi connectivity index (χ3v) is 3.68. The van der Waals surface area contributed by atoms with Gasteiger partial charge >= 0.3 is 0 Å². The Morgan fingerprint density at radius 2 is 1.83 bits per heavy atom. The third kappa shape index (κ3) is 8.30. The summed E-state index contributed by atoms with van der Waals surface area (Å²) in [5.74, 6) is 2.21. The van der Waals surface area contributed by atoms with Crippen LogP contribution < -0.4 is 24.8 Å². The van der Waals surface area contributed by atoms with E-state index in [4.69, 9.17) is 14.2 Å². The van der Waals surface area contributed by atoms with Crippen molar-refractivity contribution < 1.29 is 23.0 Å². The lowest BCUT2D eigenvalue weighted by Crippen LogP contribution is -2.30. The fourth-order valence-electron chi connectivity index (χ4n) is 2.42. The standard InChI is InChI=1S/C20H25F2N3O3.HI/c1-4-23-20(25-15-8-9-17(26-2)18(11-15)27-3)24-12-14-6-5-7-16(10-14)28-13-19(21)22;/h5-11,19H,4,12-13H2,1-3H3,(H2,23,24,25);1H. The topological polar surface area (TPSA) is 64.1 Å². The van der Waals surface area contributed by atoms with Crippen LogP contribution in [0, 0.1) is 0 Å². The number of alkyl halides is 2. The van der Waals surface area contributed by atoms with Gasteiger partial charge in [0.1, 0.15) is 12.4 Å². The molecule has 0 saturated carbocycles. The highest BCUT2D eigenvalue weighted by atomic mass is 127. The lowest BCUT2D eigenvalue weighted by Gasteiger charge is -2.14. The molecule has 0 aliphatic heterocycles. The van der Waals surface area contributed by atoms with Crippen LogP contribution in [0.4, 0.5) is 14.5 Å². The van der Waals surface area contributed by atoms with E-state index >= 15 is 0 Å². The highest BCUT2D eigenvalue weighted by Crippen LogP contribution is 2.29. The minimum atomic E-state index is -2.51. The summed E-state index contributed by atoms with van der Waals surface area (Å²) in [6.07, 6.45) is -2.51. The average Bonchev–Trinajstić information content (AvgIpc) is 2.71. The smallest absolute Gasteiger partial charge is 0.272 e. The normalized spacial score (nSPS) is 10.9. The van der Waals surface area contributed by atoms with Crippen molar-refractivity contribution in [2.75, 3.05) is 32.7 Å². The first kappa shape index (κ1) is 24.7. The largest absolute Gasteiger partial charge is 0.493 e. The van der Waals surface area contributed by atoms with Crippen LogP contribution in [0.5, 0.6) is 17.2 Å². The van der Waals surface area contributed by atoms with Crippen molar-refractivity contribution >= 4 is 35.6 Å². The molecule has 2 aromatic rings. The molecule has 0 spiro atoms. The van der Waals surface area contributed by atoms with Gasteiger partial charge in [-0.2, -0.15) is 0 Å². The summed E-state index contributed by atoms with van der Waals surface area (Å²) in [5.41, 5.74) is 1.63. The molecule has 0 aromatic heterocycles. The van der Waals surface area contributed by atoms with E-state index in [1.165, 1.54) is 0 Å². The van der Waals surface area contributed by atoms with Crippen molar-refractivity contribution in [3.05, 3.63) is 48.0 Å². The summed E-state index contributed by atoms with van der Waals surface area (Å²) in [7, 11) is 3.15. The van der Waals surface area contributed by atoms with Gasteiger partial charge in [0.05, 0.1) is 20.8 Å². The second-order valence-corrected chi connectivity index (χ2v) is 5.74. The summed E-state index contributed by atoms with van der Waals surface area (Å²) < 4.78 is 40.2. The van der Waals surface area contributed by atoms with Gasteiger partial charge in [0.2, 0.25) is 0 Å². The summed E-state index contributed by atoms with van der Waals surface area (Å²) >= 11 is 0. The number of aliphatic imine (C=N–C) groups is 1. The minimum absolute atomic E-state index is 0. The zero-order valence-electron chi connectivity index (χ0n) is 16.6. The molecule has 0 fully saturated rings. The molecule has 0 unspecified atom stereocenters. The first-order chi connectivity index (χ1) is 13.5. The molecular formula is C20H26F2IN3O3. The Balaban J connectivity index is 0.00000420. The number of hydrogen-bond acceptors (Lipinski definition) is 4. The van der Waals surface area contributed by atoms with E-state index in [2.05, 4.69) is 15.6 Å². The van der Waals surface area contributed by atoms with Crippen LogP contribution in [-0.2, 0) is 6.54 Å². The molecule has 160 valence electrons. The number of methoxy groups -OCH3 is 2. The number of hydrogen-bond donors (Lipinski definition) is 2. The molecule has 2 N–H and O–H groups in total. The number of nitrogens with one attached hydrogen (secondary N) is 2. The van der Waals surface area contributed by atoms with E-state index in [0.29, 0.717) is 36.3 Å². The number of anilines is 1. The molecule has 0 aliphatic carbocycles. The number of ether oxygens (including phenoxy) is 3. The van der Waals surface area contributed by atoms with Gasteiger partial charge in [0.15, 0.2) is 17.5 Å². The molecule has 0 bridgehead atoms. The Kier molecular flexibility index (Phi) is 11.1. The molecule has 0 amide bonds. The molecule has 0 radical (unpaired) electrons. The van der Waals surface area contributed by atoms with Crippen LogP contribution in [0.2, 0.25) is 0 Å². The predicted molar refractivity (Wildman–Crippen MR) is 121 cm³/mol. The maximum absolute atomic E-state index is 12.3. The Bertz CT molecular complexity index is 791. The van der Waals surface area contributed by atoms with Crippen LogP contribution in [0.15, 0.2) is 47.5 Å². The quantitative estimate of drug-likeness (QED) is 0.288. The summed E-state index contributed by atoms with van der Waals surface area (Å²) in [6, 6.07) is 12.4. The molecule has 0 aliphatic rings. The number of rotatable bonds is 9. The predicted octanol–water partition coefficient (Wildman–Crippen LogP) is 4.54. The maximum Gasteiger partial charge on any atom is 0.272 e. The monoisotopic (exact) mass is 521 g/mol. The van der Waals surface area contributed by atoms with Crippen LogP contribution in [0.25, 0.3) is 0 Å². The molecule has 9 heteroatoms. The molecule has 6 nitrogen and oxygen atoms in total. The Morgan fingerprint density at radius 3 is 2.48 bits per heavy atom. The van der Waals surface area contributed by atoms with Crippen molar-refractivity contribution in [1.29, 1.82) is 0 Å². The molecule has 0 saturated heterocycles. The molecule has 29 heavy (non-hydrogen) atoms. The summed E-state index contributed by atoms with van der Waals surface area (Å²) in [6.45, 7) is 2.37. The summed E-state index contributed by atoms with van der Waals surface area (Å²) in [5, 5.41) is 6.36.